The number of benzene rings is 3. The van der Waals surface area contributed by atoms with Crippen molar-refractivity contribution in [1.29, 1.82) is 0 Å². The van der Waals surface area contributed by atoms with Crippen LogP contribution in [0, 0.1) is 10.1 Å². The molecule has 3 rings (SSSR count). The number of hydrazone groups is 1. The lowest BCUT2D eigenvalue weighted by Gasteiger charge is -2.28. The van der Waals surface area contributed by atoms with Gasteiger partial charge in [-0.1, -0.05) is 71.9 Å². The molecular weight excluding hydrogens is 440 g/mol. The summed E-state index contributed by atoms with van der Waals surface area (Å²) in [5, 5.41) is 26.5. The molecule has 0 saturated heterocycles. The van der Waals surface area contributed by atoms with Gasteiger partial charge in [-0.15, -0.1) is 0 Å². The van der Waals surface area contributed by atoms with E-state index in [1.54, 1.807) is 12.1 Å². The first-order valence-electron chi connectivity index (χ1n) is 11.4. The third-order valence-corrected chi connectivity index (χ3v) is 5.46. The van der Waals surface area contributed by atoms with Gasteiger partial charge in [0.2, 0.25) is 0 Å². The monoisotopic (exact) mass is 472 g/mol. The molecule has 0 bridgehead atoms. The van der Waals surface area contributed by atoms with E-state index in [9.17, 15) is 15.2 Å². The Kier molecular flexibility index (Phi) is 7.39. The van der Waals surface area contributed by atoms with E-state index in [1.807, 2.05) is 42.5 Å². The van der Waals surface area contributed by atoms with Crippen LogP contribution in [0.2, 0.25) is 0 Å². The Labute approximate surface area is 206 Å². The third kappa shape index (κ3) is 6.53. The predicted octanol–water partition coefficient (Wildman–Crippen LogP) is 6.60. The van der Waals surface area contributed by atoms with E-state index in [0.29, 0.717) is 11.4 Å². The number of aromatic hydroxyl groups is 1. The molecule has 2 N–H and O–H groups in total. The highest BCUT2D eigenvalue weighted by Gasteiger charge is 2.27. The Bertz CT molecular complexity index is 1230. The fraction of sp³-hybridized carbons (Fsp3) is 0.286. The van der Waals surface area contributed by atoms with E-state index in [2.05, 4.69) is 52.1 Å². The van der Waals surface area contributed by atoms with Gasteiger partial charge in [-0.25, -0.2) is 4.99 Å². The largest absolute Gasteiger partial charge is 0.507 e. The normalized spacial score (nSPS) is 12.7. The maximum Gasteiger partial charge on any atom is 0.270 e. The number of nitro groups is 1. The van der Waals surface area contributed by atoms with E-state index < -0.39 is 4.92 Å². The van der Waals surface area contributed by atoms with Crippen molar-refractivity contribution in [3.63, 3.8) is 0 Å². The van der Waals surface area contributed by atoms with Crippen LogP contribution in [0.5, 0.6) is 5.75 Å². The van der Waals surface area contributed by atoms with Gasteiger partial charge < -0.3 is 5.11 Å². The molecule has 0 radical (unpaired) electrons. The van der Waals surface area contributed by atoms with Crippen molar-refractivity contribution in [3.05, 3.63) is 99.1 Å². The molecule has 3 aromatic rings. The molecule has 0 unspecified atom stereocenters. The minimum Gasteiger partial charge on any atom is -0.507 e. The number of aliphatic imine (C=N–C) groups is 1. The van der Waals surface area contributed by atoms with E-state index in [4.69, 9.17) is 4.99 Å². The summed E-state index contributed by atoms with van der Waals surface area (Å²) >= 11 is 0. The average molecular weight is 473 g/mol. The molecule has 0 aliphatic carbocycles. The zero-order chi connectivity index (χ0) is 25.8. The Balaban J connectivity index is 2.11. The number of nitro benzene ring substituents is 1. The third-order valence-electron chi connectivity index (χ3n) is 5.46. The van der Waals surface area contributed by atoms with Gasteiger partial charge >= 0.3 is 0 Å². The van der Waals surface area contributed by atoms with Crippen molar-refractivity contribution in [2.24, 2.45) is 10.1 Å². The standard InChI is InChI=1S/C28H32N4O3/c1-27(2,3)23-16-20(17-24(25(23)33)28(4,5)6)26(30-21-12-8-7-9-13-21)31-29-18-19-11-10-14-22(15-19)32(34)35/h7-18,33H,1-6H3,(H,30,31)/b29-18+. The molecule has 7 heteroatoms. The summed E-state index contributed by atoms with van der Waals surface area (Å²) in [6.45, 7) is 12.3. The molecule has 182 valence electrons. The van der Waals surface area contributed by atoms with Crippen molar-refractivity contribution >= 4 is 23.4 Å². The van der Waals surface area contributed by atoms with Crippen LogP contribution in [0.15, 0.2) is 76.8 Å². The maximum absolute atomic E-state index is 11.1. The van der Waals surface area contributed by atoms with E-state index in [-0.39, 0.29) is 22.3 Å². The van der Waals surface area contributed by atoms with Crippen LogP contribution in [0.1, 0.15) is 63.8 Å². The molecular formula is C28H32N4O3. The molecule has 0 saturated carbocycles. The number of hydrogen-bond donors (Lipinski definition) is 2. The second kappa shape index (κ2) is 10.1. The summed E-state index contributed by atoms with van der Waals surface area (Å²) in [7, 11) is 0. The van der Waals surface area contributed by atoms with Crippen molar-refractivity contribution in [3.8, 4) is 5.75 Å². The van der Waals surface area contributed by atoms with Crippen LogP contribution < -0.4 is 5.43 Å². The van der Waals surface area contributed by atoms with Crippen LogP contribution >= 0.6 is 0 Å². The topological polar surface area (TPSA) is 100 Å². The van der Waals surface area contributed by atoms with Gasteiger partial charge in [0.25, 0.3) is 5.69 Å². The predicted molar refractivity (Wildman–Crippen MR) is 142 cm³/mol. The number of non-ortho nitro benzene ring substituents is 1. The van der Waals surface area contributed by atoms with Crippen LogP contribution in [-0.4, -0.2) is 22.1 Å². The highest BCUT2D eigenvalue weighted by Crippen LogP contribution is 2.40. The Hall–Kier alpha value is -4.00. The van der Waals surface area contributed by atoms with Crippen LogP contribution in [0.3, 0.4) is 0 Å². The smallest absolute Gasteiger partial charge is 0.270 e. The highest BCUT2D eigenvalue weighted by atomic mass is 16.6. The lowest BCUT2D eigenvalue weighted by Crippen LogP contribution is -2.23. The average Bonchev–Trinajstić information content (AvgIpc) is 2.78. The van der Waals surface area contributed by atoms with E-state index in [0.717, 1.165) is 22.4 Å². The van der Waals surface area contributed by atoms with Crippen molar-refractivity contribution in [2.45, 2.75) is 52.4 Å². The molecule has 0 heterocycles. The number of nitrogens with zero attached hydrogens (tertiary/aromatic N) is 3. The maximum atomic E-state index is 11.1. The fourth-order valence-electron chi connectivity index (χ4n) is 3.59. The lowest BCUT2D eigenvalue weighted by atomic mass is 9.78. The first-order chi connectivity index (χ1) is 16.4. The Morgan fingerprint density at radius 2 is 1.51 bits per heavy atom. The van der Waals surface area contributed by atoms with E-state index >= 15 is 0 Å². The van der Waals surface area contributed by atoms with Gasteiger partial charge in [0, 0.05) is 34.4 Å². The SMILES string of the molecule is CC(C)(C)c1cc(C(=Nc2ccccc2)N/N=C/c2cccc([N+](=O)[O-])c2)cc(C(C)(C)C)c1O. The second-order valence-electron chi connectivity index (χ2n) is 10.4. The number of amidine groups is 1. The van der Waals surface area contributed by atoms with Crippen molar-refractivity contribution < 1.29 is 10.0 Å². The molecule has 0 spiro atoms. The van der Waals surface area contributed by atoms with Gasteiger partial charge in [0.15, 0.2) is 5.84 Å². The number of phenolic OH excluding ortho intramolecular Hbond substituents is 1. The summed E-state index contributed by atoms with van der Waals surface area (Å²) < 4.78 is 0. The second-order valence-corrected chi connectivity index (χ2v) is 10.4. The van der Waals surface area contributed by atoms with Gasteiger partial charge in [-0.05, 0) is 35.1 Å². The molecule has 7 nitrogen and oxygen atoms in total. The van der Waals surface area contributed by atoms with Crippen LogP contribution in [0.25, 0.3) is 0 Å². The minimum absolute atomic E-state index is 0.00435. The number of phenols is 1. The van der Waals surface area contributed by atoms with Gasteiger partial charge in [-0.2, -0.15) is 5.10 Å². The zero-order valence-corrected chi connectivity index (χ0v) is 21.0. The molecule has 0 amide bonds. The molecule has 0 atom stereocenters. The summed E-state index contributed by atoms with van der Waals surface area (Å²) in [4.78, 5) is 15.4. The fourth-order valence-corrected chi connectivity index (χ4v) is 3.59. The molecule has 35 heavy (non-hydrogen) atoms. The molecule has 3 aromatic carbocycles. The van der Waals surface area contributed by atoms with Crippen molar-refractivity contribution in [1.82, 2.24) is 5.43 Å². The molecule has 0 aromatic heterocycles. The highest BCUT2D eigenvalue weighted by molar-refractivity contribution is 6.01. The zero-order valence-electron chi connectivity index (χ0n) is 21.0. The summed E-state index contributed by atoms with van der Waals surface area (Å²) in [6, 6.07) is 19.6. The first kappa shape index (κ1) is 25.6. The van der Waals surface area contributed by atoms with Crippen LogP contribution in [-0.2, 0) is 10.8 Å². The Morgan fingerprint density at radius 1 is 0.914 bits per heavy atom. The van der Waals surface area contributed by atoms with Gasteiger partial charge in [-0.3, -0.25) is 15.5 Å². The summed E-state index contributed by atoms with van der Waals surface area (Å²) in [6.07, 6.45) is 1.52. The number of rotatable bonds is 5. The minimum atomic E-state index is -0.439. The number of nitrogens with one attached hydrogen (secondary N) is 1. The van der Waals surface area contributed by atoms with Crippen molar-refractivity contribution in [2.75, 3.05) is 0 Å². The summed E-state index contributed by atoms with van der Waals surface area (Å²) in [5.41, 5.74) is 6.14. The lowest BCUT2D eigenvalue weighted by molar-refractivity contribution is -0.384. The van der Waals surface area contributed by atoms with Crippen LogP contribution in [0.4, 0.5) is 11.4 Å². The van der Waals surface area contributed by atoms with E-state index in [1.165, 1.54) is 18.3 Å². The molecule has 0 aliphatic heterocycles. The molecule has 0 aliphatic rings. The van der Waals surface area contributed by atoms with Gasteiger partial charge in [0.1, 0.15) is 5.75 Å². The number of para-hydroxylation sites is 1. The van der Waals surface area contributed by atoms with Gasteiger partial charge in [0.05, 0.1) is 16.8 Å². The number of hydrogen-bond acceptors (Lipinski definition) is 5. The molecule has 0 fully saturated rings. The first-order valence-corrected chi connectivity index (χ1v) is 11.4. The summed E-state index contributed by atoms with van der Waals surface area (Å²) in [5.74, 6) is 0.779. The Morgan fingerprint density at radius 3 is 2.06 bits per heavy atom. The quantitative estimate of drug-likeness (QED) is 0.189.